The second-order valence-electron chi connectivity index (χ2n) is 3.92. The van der Waals surface area contributed by atoms with E-state index in [0.717, 1.165) is 0 Å². The van der Waals surface area contributed by atoms with Crippen molar-refractivity contribution in [1.29, 1.82) is 0 Å². The zero-order valence-electron chi connectivity index (χ0n) is 10.2. The van der Waals surface area contributed by atoms with Crippen molar-refractivity contribution in [1.82, 2.24) is 10.6 Å². The minimum atomic E-state index is -0.635. The number of amides is 2. The van der Waals surface area contributed by atoms with E-state index in [0.29, 0.717) is 5.75 Å². The number of ketones is 1. The molecule has 0 bridgehead atoms. The maximum Gasteiger partial charge on any atom is 0.243 e. The maximum atomic E-state index is 11.5. The Balaban J connectivity index is 2.50. The van der Waals surface area contributed by atoms with Crippen LogP contribution in [0, 0.1) is 0 Å². The smallest absolute Gasteiger partial charge is 0.243 e. The van der Waals surface area contributed by atoms with Crippen LogP contribution < -0.4 is 10.6 Å². The van der Waals surface area contributed by atoms with Gasteiger partial charge in [-0.05, 0) is 6.08 Å². The third kappa shape index (κ3) is 4.06. The summed E-state index contributed by atoms with van der Waals surface area (Å²) < 4.78 is 0. The van der Waals surface area contributed by atoms with Crippen molar-refractivity contribution in [2.75, 3.05) is 12.8 Å². The lowest BCUT2D eigenvalue weighted by molar-refractivity contribution is -0.127. The number of nitrogens with one attached hydrogen (secondary N) is 2. The third-order valence-corrected chi connectivity index (χ3v) is 3.69. The van der Waals surface area contributed by atoms with Crippen molar-refractivity contribution in [3.63, 3.8) is 0 Å². The highest BCUT2D eigenvalue weighted by Gasteiger charge is 2.26. The highest BCUT2D eigenvalue weighted by atomic mass is 32.2. The minimum Gasteiger partial charge on any atom is -0.505 e. The van der Waals surface area contributed by atoms with Gasteiger partial charge in [-0.2, -0.15) is 11.8 Å². The number of thioether (sulfide) groups is 1. The number of hydrogen-bond acceptors (Lipinski definition) is 5. The molecule has 2 amide bonds. The molecule has 0 saturated carbocycles. The quantitative estimate of drug-likeness (QED) is 0.641. The molecule has 3 N–H and O–H groups in total. The lowest BCUT2D eigenvalue weighted by Crippen LogP contribution is -2.46. The van der Waals surface area contributed by atoms with Gasteiger partial charge in [0, 0.05) is 31.4 Å². The zero-order chi connectivity index (χ0) is 13.7. The molecule has 0 spiro atoms. The van der Waals surface area contributed by atoms with E-state index in [4.69, 9.17) is 0 Å². The van der Waals surface area contributed by atoms with E-state index in [1.54, 1.807) is 0 Å². The number of likely N-dealkylation sites (N-methyl/N-ethyl adjacent to an activating group) is 1. The molecule has 1 aliphatic rings. The molecule has 6 nitrogen and oxygen atoms in total. The number of carbonyl (C=O) groups excluding carboxylic acids is 3. The molecule has 100 valence electrons. The number of carbonyl (C=O) groups is 3. The third-order valence-electron chi connectivity index (χ3n) is 2.43. The molecule has 0 fully saturated rings. The van der Waals surface area contributed by atoms with Gasteiger partial charge >= 0.3 is 0 Å². The molecule has 18 heavy (non-hydrogen) atoms. The highest BCUT2D eigenvalue weighted by Crippen LogP contribution is 2.25. The summed E-state index contributed by atoms with van der Waals surface area (Å²) in [4.78, 5) is 33.6. The van der Waals surface area contributed by atoms with Crippen molar-refractivity contribution < 1.29 is 19.5 Å². The fourth-order valence-electron chi connectivity index (χ4n) is 1.54. The number of aliphatic hydroxyl groups is 1. The molecule has 0 saturated heterocycles. The van der Waals surface area contributed by atoms with Crippen LogP contribution in [-0.2, 0) is 14.4 Å². The Kier molecular flexibility index (Phi) is 5.21. The summed E-state index contributed by atoms with van der Waals surface area (Å²) in [6.07, 6.45) is 1.71. The van der Waals surface area contributed by atoms with E-state index >= 15 is 0 Å². The Morgan fingerprint density at radius 1 is 1.61 bits per heavy atom. The van der Waals surface area contributed by atoms with Crippen LogP contribution in [0.5, 0.6) is 0 Å². The molecule has 2 atom stereocenters. The van der Waals surface area contributed by atoms with E-state index in [9.17, 15) is 19.5 Å². The van der Waals surface area contributed by atoms with Crippen LogP contribution >= 0.6 is 11.8 Å². The lowest BCUT2D eigenvalue weighted by Gasteiger charge is -2.17. The summed E-state index contributed by atoms with van der Waals surface area (Å²) in [5.41, 5.74) is 0. The standard InChI is InChI=1S/C11H16N2O4S/c1-6(14)13-8(11(17)12-2)5-18-7-3-9(15)10(16)4-7/h3,7-8,15H,4-5H2,1-2H3,(H,12,17)(H,13,14). The van der Waals surface area contributed by atoms with E-state index in [1.165, 1.54) is 31.8 Å². The Bertz CT molecular complexity index is 395. The molecule has 2 unspecified atom stereocenters. The van der Waals surface area contributed by atoms with Gasteiger partial charge in [0.1, 0.15) is 6.04 Å². The van der Waals surface area contributed by atoms with Crippen molar-refractivity contribution in [2.24, 2.45) is 0 Å². The monoisotopic (exact) mass is 272 g/mol. The molecule has 0 aliphatic heterocycles. The minimum absolute atomic E-state index is 0.140. The summed E-state index contributed by atoms with van der Waals surface area (Å²) in [6, 6.07) is -0.635. The molecule has 0 aromatic heterocycles. The first-order valence-electron chi connectivity index (χ1n) is 5.48. The normalized spacial score (nSPS) is 20.2. The number of hydrogen-bond donors (Lipinski definition) is 3. The van der Waals surface area contributed by atoms with E-state index in [-0.39, 0.29) is 35.0 Å². The van der Waals surface area contributed by atoms with E-state index < -0.39 is 6.04 Å². The highest BCUT2D eigenvalue weighted by molar-refractivity contribution is 8.00. The van der Waals surface area contributed by atoms with Gasteiger partial charge in [-0.25, -0.2) is 0 Å². The molecule has 0 heterocycles. The van der Waals surface area contributed by atoms with Gasteiger partial charge in [0.25, 0.3) is 0 Å². The van der Waals surface area contributed by atoms with Crippen LogP contribution in [0.25, 0.3) is 0 Å². The number of rotatable bonds is 5. The summed E-state index contributed by atoms with van der Waals surface area (Å²) >= 11 is 1.35. The molecular weight excluding hydrogens is 256 g/mol. The van der Waals surface area contributed by atoms with Crippen LogP contribution in [0.15, 0.2) is 11.8 Å². The first-order chi connectivity index (χ1) is 8.43. The van der Waals surface area contributed by atoms with E-state index in [2.05, 4.69) is 10.6 Å². The van der Waals surface area contributed by atoms with Gasteiger partial charge in [0.2, 0.25) is 11.8 Å². The van der Waals surface area contributed by atoms with Gasteiger partial charge in [-0.15, -0.1) is 0 Å². The fourth-order valence-corrected chi connectivity index (χ4v) is 2.71. The summed E-state index contributed by atoms with van der Waals surface area (Å²) in [6.45, 7) is 1.34. The predicted molar refractivity (Wildman–Crippen MR) is 68.3 cm³/mol. The van der Waals surface area contributed by atoms with Gasteiger partial charge in [0.05, 0.1) is 0 Å². The molecule has 1 aliphatic carbocycles. The van der Waals surface area contributed by atoms with Crippen molar-refractivity contribution >= 4 is 29.4 Å². The fraction of sp³-hybridized carbons (Fsp3) is 0.545. The van der Waals surface area contributed by atoms with E-state index in [1.807, 2.05) is 0 Å². The van der Waals surface area contributed by atoms with Gasteiger partial charge in [-0.1, -0.05) is 0 Å². The Morgan fingerprint density at radius 2 is 2.28 bits per heavy atom. The first-order valence-corrected chi connectivity index (χ1v) is 6.53. The second kappa shape index (κ2) is 6.44. The zero-order valence-corrected chi connectivity index (χ0v) is 11.0. The Labute approximate surface area is 109 Å². The average molecular weight is 272 g/mol. The van der Waals surface area contributed by atoms with Gasteiger partial charge in [0.15, 0.2) is 11.5 Å². The van der Waals surface area contributed by atoms with Crippen LogP contribution in [0.1, 0.15) is 13.3 Å². The van der Waals surface area contributed by atoms with Crippen molar-refractivity contribution in [3.8, 4) is 0 Å². The Hall–Kier alpha value is -1.50. The number of allylic oxidation sites excluding steroid dienone is 1. The molecular formula is C11H16N2O4S. The maximum absolute atomic E-state index is 11.5. The molecule has 7 heteroatoms. The lowest BCUT2D eigenvalue weighted by atomic mass is 10.3. The van der Waals surface area contributed by atoms with Gasteiger partial charge < -0.3 is 15.7 Å². The summed E-state index contributed by atoms with van der Waals surface area (Å²) in [5.74, 6) is -0.728. The topological polar surface area (TPSA) is 95.5 Å². The second-order valence-corrected chi connectivity index (χ2v) is 5.19. The summed E-state index contributed by atoms with van der Waals surface area (Å²) in [5, 5.41) is 14.0. The predicted octanol–water partition coefficient (Wildman–Crippen LogP) is -0.246. The molecule has 0 radical (unpaired) electrons. The largest absolute Gasteiger partial charge is 0.505 e. The SMILES string of the molecule is CNC(=O)C(CSC1C=C(O)C(=O)C1)NC(C)=O. The first kappa shape index (κ1) is 14.6. The van der Waals surface area contributed by atoms with Crippen molar-refractivity contribution in [3.05, 3.63) is 11.8 Å². The number of aliphatic hydroxyl groups excluding tert-OH is 1. The van der Waals surface area contributed by atoms with Gasteiger partial charge in [-0.3, -0.25) is 14.4 Å². The van der Waals surface area contributed by atoms with Crippen molar-refractivity contribution in [2.45, 2.75) is 24.6 Å². The average Bonchev–Trinajstić information content (AvgIpc) is 2.62. The van der Waals surface area contributed by atoms with Crippen LogP contribution in [0.3, 0.4) is 0 Å². The van der Waals surface area contributed by atoms with Crippen LogP contribution in [0.4, 0.5) is 0 Å². The number of Topliss-reactive ketones (excluding diaryl/α,β-unsaturated/α-hetero) is 1. The molecule has 0 aromatic rings. The molecule has 0 aromatic carbocycles. The summed E-state index contributed by atoms with van der Waals surface area (Å²) in [7, 11) is 1.49. The molecule has 1 rings (SSSR count). The Morgan fingerprint density at radius 3 is 2.72 bits per heavy atom. The van der Waals surface area contributed by atoms with Crippen LogP contribution in [-0.4, -0.2) is 46.8 Å². The van der Waals surface area contributed by atoms with Crippen LogP contribution in [0.2, 0.25) is 0 Å².